The van der Waals surface area contributed by atoms with Gasteiger partial charge in [-0.15, -0.1) is 0 Å². The summed E-state index contributed by atoms with van der Waals surface area (Å²) in [7, 11) is 3.09. The average Bonchev–Trinajstić information content (AvgIpc) is 3.28. The van der Waals surface area contributed by atoms with E-state index in [1.165, 1.54) is 13.2 Å². The lowest BCUT2D eigenvalue weighted by molar-refractivity contribution is -0.129. The number of benzene rings is 2. The predicted molar refractivity (Wildman–Crippen MR) is 110 cm³/mol. The van der Waals surface area contributed by atoms with Crippen molar-refractivity contribution in [2.45, 2.75) is 19.6 Å². The van der Waals surface area contributed by atoms with Gasteiger partial charge in [-0.05, 0) is 36.2 Å². The van der Waals surface area contributed by atoms with Crippen molar-refractivity contribution in [3.8, 4) is 22.6 Å². The number of esters is 1. The molecule has 0 fully saturated rings. The summed E-state index contributed by atoms with van der Waals surface area (Å²) < 4.78 is 21.1. The maximum atomic E-state index is 12.5. The maximum absolute atomic E-state index is 12.5. The summed E-state index contributed by atoms with van der Waals surface area (Å²) in [5, 5.41) is 2.74. The van der Waals surface area contributed by atoms with Crippen molar-refractivity contribution >= 4 is 11.9 Å². The van der Waals surface area contributed by atoms with Crippen LogP contribution in [0.15, 0.2) is 65.3 Å². The number of amides is 1. The third-order valence-electron chi connectivity index (χ3n) is 4.50. The fourth-order valence-electron chi connectivity index (χ4n) is 2.90. The van der Waals surface area contributed by atoms with Crippen LogP contribution in [0.2, 0.25) is 0 Å². The first kappa shape index (κ1) is 21.0. The van der Waals surface area contributed by atoms with Gasteiger partial charge >= 0.3 is 5.97 Å². The number of rotatable bonds is 8. The normalized spacial score (nSPS) is 11.4. The minimum Gasteiger partial charge on any atom is -0.493 e. The van der Waals surface area contributed by atoms with Gasteiger partial charge in [0, 0.05) is 12.1 Å². The molecule has 7 nitrogen and oxygen atoms in total. The molecule has 1 N–H and O–H groups in total. The molecule has 0 aliphatic heterocycles. The quantitative estimate of drug-likeness (QED) is 0.569. The van der Waals surface area contributed by atoms with E-state index in [2.05, 4.69) is 5.32 Å². The third-order valence-corrected chi connectivity index (χ3v) is 4.50. The van der Waals surface area contributed by atoms with Crippen LogP contribution in [0.4, 0.5) is 0 Å². The van der Waals surface area contributed by atoms with Gasteiger partial charge < -0.3 is 23.9 Å². The fourth-order valence-corrected chi connectivity index (χ4v) is 2.90. The molecule has 0 saturated heterocycles. The van der Waals surface area contributed by atoms with E-state index in [9.17, 15) is 9.59 Å². The van der Waals surface area contributed by atoms with Crippen molar-refractivity contribution in [2.75, 3.05) is 14.2 Å². The highest BCUT2D eigenvalue weighted by molar-refractivity contribution is 5.96. The largest absolute Gasteiger partial charge is 0.493 e. The highest BCUT2D eigenvalue weighted by atomic mass is 16.6. The minimum atomic E-state index is -0.994. The Balaban J connectivity index is 1.60. The number of carbonyl (C=O) groups is 2. The Kier molecular flexibility index (Phi) is 6.75. The summed E-state index contributed by atoms with van der Waals surface area (Å²) in [4.78, 5) is 24.9. The average molecular weight is 409 g/mol. The first-order valence-electron chi connectivity index (χ1n) is 9.36. The Bertz CT molecular complexity index is 1010. The number of hydrogen-bond donors (Lipinski definition) is 1. The number of carbonyl (C=O) groups excluding carboxylic acids is 2. The van der Waals surface area contributed by atoms with Crippen LogP contribution in [-0.2, 0) is 16.1 Å². The predicted octanol–water partition coefficient (Wildman–Crippen LogP) is 3.83. The Hall–Kier alpha value is -3.74. The van der Waals surface area contributed by atoms with Crippen LogP contribution >= 0.6 is 0 Å². The number of nitrogens with one attached hydrogen (secondary N) is 1. The molecule has 30 heavy (non-hydrogen) atoms. The summed E-state index contributed by atoms with van der Waals surface area (Å²) in [5.74, 6) is 0.0943. The second-order valence-corrected chi connectivity index (χ2v) is 6.48. The highest BCUT2D eigenvalue weighted by Crippen LogP contribution is 2.28. The van der Waals surface area contributed by atoms with E-state index in [1.807, 2.05) is 36.4 Å². The number of hydrogen-bond acceptors (Lipinski definition) is 6. The molecule has 0 aliphatic rings. The molecule has 1 aromatic heterocycles. The molecular formula is C23H23NO6. The smallest absolute Gasteiger partial charge is 0.375 e. The van der Waals surface area contributed by atoms with Gasteiger partial charge in [0.25, 0.3) is 5.91 Å². The van der Waals surface area contributed by atoms with E-state index in [1.54, 1.807) is 32.4 Å². The lowest BCUT2D eigenvalue weighted by Gasteiger charge is -2.14. The molecule has 3 rings (SSSR count). The monoisotopic (exact) mass is 409 g/mol. The van der Waals surface area contributed by atoms with Gasteiger partial charge in [0.15, 0.2) is 17.6 Å². The zero-order valence-electron chi connectivity index (χ0n) is 17.0. The second-order valence-electron chi connectivity index (χ2n) is 6.48. The van der Waals surface area contributed by atoms with E-state index in [0.717, 1.165) is 11.1 Å². The molecule has 2 aromatic carbocycles. The van der Waals surface area contributed by atoms with E-state index >= 15 is 0 Å². The summed E-state index contributed by atoms with van der Waals surface area (Å²) in [6, 6.07) is 16.4. The van der Waals surface area contributed by atoms with Crippen molar-refractivity contribution in [3.63, 3.8) is 0 Å². The maximum Gasteiger partial charge on any atom is 0.375 e. The molecule has 1 amide bonds. The van der Waals surface area contributed by atoms with Crippen LogP contribution in [0.5, 0.6) is 11.5 Å². The Labute approximate surface area is 174 Å². The highest BCUT2D eigenvalue weighted by Gasteiger charge is 2.23. The molecule has 0 radical (unpaired) electrons. The van der Waals surface area contributed by atoms with Gasteiger partial charge in [-0.1, -0.05) is 36.4 Å². The molecule has 7 heteroatoms. The van der Waals surface area contributed by atoms with Crippen molar-refractivity contribution in [2.24, 2.45) is 0 Å². The summed E-state index contributed by atoms with van der Waals surface area (Å²) in [6.45, 7) is 1.75. The van der Waals surface area contributed by atoms with Gasteiger partial charge in [-0.3, -0.25) is 4.79 Å². The third kappa shape index (κ3) is 4.81. The molecule has 3 aromatic rings. The molecule has 1 heterocycles. The zero-order chi connectivity index (χ0) is 21.5. The molecule has 0 bridgehead atoms. The Morgan fingerprint density at radius 1 is 1.00 bits per heavy atom. The van der Waals surface area contributed by atoms with E-state index in [4.69, 9.17) is 18.6 Å². The topological polar surface area (TPSA) is 87.0 Å². The van der Waals surface area contributed by atoms with Crippen LogP contribution in [0, 0.1) is 0 Å². The summed E-state index contributed by atoms with van der Waals surface area (Å²) in [6.07, 6.45) is 0.423. The number of ether oxygens (including phenoxy) is 3. The van der Waals surface area contributed by atoms with Gasteiger partial charge in [-0.25, -0.2) is 4.79 Å². The molecule has 1 atom stereocenters. The van der Waals surface area contributed by atoms with Crippen LogP contribution < -0.4 is 14.8 Å². The SMILES string of the molecule is COc1ccc(CNC(=O)[C@H](C)OC(=O)c2occc2-c2ccccc2)cc1OC. The number of methoxy groups -OCH3 is 2. The van der Waals surface area contributed by atoms with Crippen molar-refractivity contribution in [1.82, 2.24) is 5.32 Å². The number of furan rings is 1. The van der Waals surface area contributed by atoms with Gasteiger partial charge in [0.2, 0.25) is 5.76 Å². The molecule has 156 valence electrons. The molecule has 0 saturated carbocycles. The van der Waals surface area contributed by atoms with E-state index < -0.39 is 18.0 Å². The summed E-state index contributed by atoms with van der Waals surface area (Å²) in [5.41, 5.74) is 2.25. The minimum absolute atomic E-state index is 0.0562. The van der Waals surface area contributed by atoms with E-state index in [-0.39, 0.29) is 12.3 Å². The van der Waals surface area contributed by atoms with Crippen LogP contribution in [0.1, 0.15) is 23.0 Å². The van der Waals surface area contributed by atoms with Crippen molar-refractivity contribution in [3.05, 3.63) is 72.2 Å². The fraction of sp³-hybridized carbons (Fsp3) is 0.217. The van der Waals surface area contributed by atoms with Crippen LogP contribution in [-0.4, -0.2) is 32.2 Å². The van der Waals surface area contributed by atoms with Crippen molar-refractivity contribution < 1.29 is 28.2 Å². The van der Waals surface area contributed by atoms with Gasteiger partial charge in [-0.2, -0.15) is 0 Å². The van der Waals surface area contributed by atoms with E-state index in [0.29, 0.717) is 17.1 Å². The van der Waals surface area contributed by atoms with Crippen LogP contribution in [0.3, 0.4) is 0 Å². The van der Waals surface area contributed by atoms with Gasteiger partial charge in [0.05, 0.1) is 20.5 Å². The summed E-state index contributed by atoms with van der Waals surface area (Å²) >= 11 is 0. The molecule has 0 aliphatic carbocycles. The standard InChI is InChI=1S/C23H23NO6/c1-15(22(25)24-14-16-9-10-19(27-2)20(13-16)28-3)30-23(26)21-18(11-12-29-21)17-7-5-4-6-8-17/h4-13,15H,14H2,1-3H3,(H,24,25)/t15-/m0/s1. The second kappa shape index (κ2) is 9.65. The van der Waals surface area contributed by atoms with Crippen LogP contribution in [0.25, 0.3) is 11.1 Å². The molecular weight excluding hydrogens is 386 g/mol. The Morgan fingerprint density at radius 2 is 1.73 bits per heavy atom. The lowest BCUT2D eigenvalue weighted by Crippen LogP contribution is -2.35. The van der Waals surface area contributed by atoms with Gasteiger partial charge in [0.1, 0.15) is 0 Å². The molecule has 0 spiro atoms. The molecule has 0 unspecified atom stereocenters. The zero-order valence-corrected chi connectivity index (χ0v) is 17.0. The first-order chi connectivity index (χ1) is 14.5. The Morgan fingerprint density at radius 3 is 2.43 bits per heavy atom. The lowest BCUT2D eigenvalue weighted by atomic mass is 10.1. The first-order valence-corrected chi connectivity index (χ1v) is 9.36. The van der Waals surface area contributed by atoms with Crippen molar-refractivity contribution in [1.29, 1.82) is 0 Å².